The zero-order valence-corrected chi connectivity index (χ0v) is 28.3. The molecule has 0 aliphatic heterocycles. The van der Waals surface area contributed by atoms with Crippen LogP contribution in [0, 0.1) is 13.8 Å². The van der Waals surface area contributed by atoms with Gasteiger partial charge in [0.25, 0.3) is 0 Å². The normalized spacial score (nSPS) is 11.3. The van der Waals surface area contributed by atoms with E-state index in [4.69, 9.17) is 19.9 Å². The van der Waals surface area contributed by atoms with Gasteiger partial charge in [-0.2, -0.15) is 0 Å². The molecular weight excluding hydrogens is 623 g/mol. The van der Waals surface area contributed by atoms with Gasteiger partial charge in [0.15, 0.2) is 17.5 Å². The van der Waals surface area contributed by atoms with Crippen LogP contribution in [-0.2, 0) is 0 Å². The highest BCUT2D eigenvalue weighted by molar-refractivity contribution is 6.07. The molecule has 3 heterocycles. The molecule has 0 spiro atoms. The molecular formula is C46H33N5. The largest absolute Gasteiger partial charge is 0.294 e. The molecule has 3 aromatic heterocycles. The number of hydrogen-bond acceptors (Lipinski definition) is 4. The lowest BCUT2D eigenvalue weighted by Crippen LogP contribution is -2.03. The van der Waals surface area contributed by atoms with Crippen molar-refractivity contribution in [3.63, 3.8) is 0 Å². The van der Waals surface area contributed by atoms with E-state index >= 15 is 0 Å². The van der Waals surface area contributed by atoms with Gasteiger partial charge in [-0.3, -0.25) is 4.57 Å². The summed E-state index contributed by atoms with van der Waals surface area (Å²) in [5, 5.41) is 2.34. The van der Waals surface area contributed by atoms with Crippen LogP contribution >= 0.6 is 0 Å². The summed E-state index contributed by atoms with van der Waals surface area (Å²) in [4.78, 5) is 20.3. The number of aromatic nitrogens is 5. The molecule has 0 fully saturated rings. The fourth-order valence-electron chi connectivity index (χ4n) is 7.22. The van der Waals surface area contributed by atoms with Gasteiger partial charge in [0.1, 0.15) is 5.65 Å². The molecule has 242 valence electrons. The minimum Gasteiger partial charge on any atom is -0.294 e. The molecule has 5 heteroatoms. The Morgan fingerprint density at radius 2 is 1.06 bits per heavy atom. The van der Waals surface area contributed by atoms with Crippen molar-refractivity contribution in [2.24, 2.45) is 0 Å². The lowest BCUT2D eigenvalue weighted by atomic mass is 9.91. The van der Waals surface area contributed by atoms with Crippen LogP contribution < -0.4 is 0 Å². The van der Waals surface area contributed by atoms with Gasteiger partial charge in [0.2, 0.25) is 0 Å². The SMILES string of the molecule is Cc1cc(-n2c3ccccc3c3cccnc32)ccc1-c1c(C)cccc1-c1nc(-c2ccccc2)nc(-c2ccccc2-c2ccccc2)n1. The summed E-state index contributed by atoms with van der Waals surface area (Å²) in [6, 6.07) is 54.6. The maximum Gasteiger partial charge on any atom is 0.164 e. The van der Waals surface area contributed by atoms with E-state index < -0.39 is 0 Å². The summed E-state index contributed by atoms with van der Waals surface area (Å²) in [5.41, 5.74) is 12.7. The smallest absolute Gasteiger partial charge is 0.164 e. The second-order valence-electron chi connectivity index (χ2n) is 12.8. The fraction of sp³-hybridized carbons (Fsp3) is 0.0435. The Labute approximate surface area is 296 Å². The van der Waals surface area contributed by atoms with Crippen LogP contribution in [0.25, 0.3) is 84.0 Å². The first kappa shape index (κ1) is 30.3. The van der Waals surface area contributed by atoms with E-state index in [0.717, 1.165) is 72.3 Å². The van der Waals surface area contributed by atoms with Crippen LogP contribution in [0.5, 0.6) is 0 Å². The van der Waals surface area contributed by atoms with Crippen molar-refractivity contribution in [3.05, 3.63) is 175 Å². The van der Waals surface area contributed by atoms with Crippen LogP contribution in [0.1, 0.15) is 11.1 Å². The van der Waals surface area contributed by atoms with Gasteiger partial charge in [-0.05, 0) is 77.6 Å². The summed E-state index contributed by atoms with van der Waals surface area (Å²) in [7, 11) is 0. The van der Waals surface area contributed by atoms with Crippen molar-refractivity contribution in [2.45, 2.75) is 13.8 Å². The molecule has 0 radical (unpaired) electrons. The summed E-state index contributed by atoms with van der Waals surface area (Å²) in [6.07, 6.45) is 1.86. The standard InChI is InChI=1S/C46H33N5/c1-30-15-13-23-40(42(30)35-27-26-34(29-31(35)2)51-41-25-12-11-21-37(41)39-24-14-28-47-46(39)51)45-49-43(33-18-7-4-8-19-33)48-44(50-45)38-22-10-9-20-36(38)32-16-5-3-6-17-32/h3-29H,1-2H3. The Morgan fingerprint density at radius 1 is 0.431 bits per heavy atom. The minimum absolute atomic E-state index is 0.635. The van der Waals surface area contributed by atoms with Crippen LogP contribution in [0.2, 0.25) is 0 Å². The average Bonchev–Trinajstić information content (AvgIpc) is 3.53. The topological polar surface area (TPSA) is 56.5 Å². The Kier molecular flexibility index (Phi) is 7.51. The predicted molar refractivity (Wildman–Crippen MR) is 209 cm³/mol. The van der Waals surface area contributed by atoms with Gasteiger partial charge >= 0.3 is 0 Å². The summed E-state index contributed by atoms with van der Waals surface area (Å²) in [5.74, 6) is 1.91. The molecule has 0 amide bonds. The number of nitrogens with zero attached hydrogens (tertiary/aromatic N) is 5. The van der Waals surface area contributed by atoms with E-state index in [1.165, 1.54) is 5.39 Å². The van der Waals surface area contributed by atoms with Crippen molar-refractivity contribution >= 4 is 21.9 Å². The van der Waals surface area contributed by atoms with E-state index in [0.29, 0.717) is 17.5 Å². The van der Waals surface area contributed by atoms with Crippen LogP contribution in [-0.4, -0.2) is 24.5 Å². The number of aryl methyl sites for hydroxylation is 2. The predicted octanol–water partition coefficient (Wildman–Crippen LogP) is 11.3. The molecule has 0 unspecified atom stereocenters. The van der Waals surface area contributed by atoms with Gasteiger partial charge in [0, 0.05) is 39.3 Å². The number of hydrogen-bond donors (Lipinski definition) is 0. The van der Waals surface area contributed by atoms with E-state index in [2.05, 4.69) is 140 Å². The Morgan fingerprint density at radius 3 is 1.84 bits per heavy atom. The first-order chi connectivity index (χ1) is 25.1. The lowest BCUT2D eigenvalue weighted by Gasteiger charge is -2.17. The molecule has 0 saturated carbocycles. The number of benzene rings is 6. The number of rotatable bonds is 6. The molecule has 0 aliphatic carbocycles. The number of fused-ring (bicyclic) bond motifs is 3. The Balaban J connectivity index is 1.23. The highest BCUT2D eigenvalue weighted by Crippen LogP contribution is 2.39. The summed E-state index contributed by atoms with van der Waals surface area (Å²) in [6.45, 7) is 4.34. The van der Waals surface area contributed by atoms with Gasteiger partial charge in [0.05, 0.1) is 5.52 Å². The first-order valence-corrected chi connectivity index (χ1v) is 17.2. The second-order valence-corrected chi connectivity index (χ2v) is 12.8. The third-order valence-corrected chi connectivity index (χ3v) is 9.60. The third-order valence-electron chi connectivity index (χ3n) is 9.60. The van der Waals surface area contributed by atoms with Crippen LogP contribution in [0.15, 0.2) is 164 Å². The second kappa shape index (κ2) is 12.6. The van der Waals surface area contributed by atoms with Gasteiger partial charge in [-0.25, -0.2) is 19.9 Å². The average molecular weight is 656 g/mol. The molecule has 0 aliphatic rings. The monoisotopic (exact) mass is 655 g/mol. The van der Waals surface area contributed by atoms with Crippen molar-refractivity contribution in [1.29, 1.82) is 0 Å². The molecule has 51 heavy (non-hydrogen) atoms. The third kappa shape index (κ3) is 5.36. The van der Waals surface area contributed by atoms with Crippen molar-refractivity contribution in [1.82, 2.24) is 24.5 Å². The highest BCUT2D eigenvalue weighted by Gasteiger charge is 2.20. The fourth-order valence-corrected chi connectivity index (χ4v) is 7.22. The first-order valence-electron chi connectivity index (χ1n) is 17.2. The molecule has 0 bridgehead atoms. The van der Waals surface area contributed by atoms with Gasteiger partial charge in [-0.1, -0.05) is 127 Å². The van der Waals surface area contributed by atoms with E-state index in [-0.39, 0.29) is 0 Å². The molecule has 9 aromatic rings. The lowest BCUT2D eigenvalue weighted by molar-refractivity contribution is 1.07. The van der Waals surface area contributed by atoms with E-state index in [1.54, 1.807) is 0 Å². The Bertz CT molecular complexity index is 2660. The van der Waals surface area contributed by atoms with Crippen molar-refractivity contribution < 1.29 is 0 Å². The summed E-state index contributed by atoms with van der Waals surface area (Å²) >= 11 is 0. The zero-order valence-electron chi connectivity index (χ0n) is 28.3. The minimum atomic E-state index is 0.635. The molecule has 5 nitrogen and oxygen atoms in total. The molecule has 6 aromatic carbocycles. The molecule has 0 N–H and O–H groups in total. The van der Waals surface area contributed by atoms with Crippen molar-refractivity contribution in [2.75, 3.05) is 0 Å². The summed E-state index contributed by atoms with van der Waals surface area (Å²) < 4.78 is 2.26. The number of para-hydroxylation sites is 1. The van der Waals surface area contributed by atoms with Gasteiger partial charge in [-0.15, -0.1) is 0 Å². The quantitative estimate of drug-likeness (QED) is 0.179. The highest BCUT2D eigenvalue weighted by atomic mass is 15.0. The Hall–Kier alpha value is -6.72. The maximum atomic E-state index is 5.23. The van der Waals surface area contributed by atoms with Gasteiger partial charge < -0.3 is 0 Å². The molecule has 9 rings (SSSR count). The zero-order chi connectivity index (χ0) is 34.3. The van der Waals surface area contributed by atoms with E-state index in [1.807, 2.05) is 42.6 Å². The number of pyridine rings is 1. The van der Waals surface area contributed by atoms with Crippen LogP contribution in [0.4, 0.5) is 0 Å². The molecule has 0 saturated heterocycles. The van der Waals surface area contributed by atoms with E-state index in [9.17, 15) is 0 Å². The molecule has 0 atom stereocenters. The van der Waals surface area contributed by atoms with Crippen LogP contribution in [0.3, 0.4) is 0 Å². The van der Waals surface area contributed by atoms with Crippen molar-refractivity contribution in [3.8, 4) is 62.1 Å². The maximum absolute atomic E-state index is 5.23.